The fraction of sp³-hybridized carbons (Fsp3) is 0.242. The summed E-state index contributed by atoms with van der Waals surface area (Å²) in [5.74, 6) is -1.77. The predicted molar refractivity (Wildman–Crippen MR) is 168 cm³/mol. The van der Waals surface area contributed by atoms with Crippen LogP contribution >= 0.6 is 0 Å². The van der Waals surface area contributed by atoms with Gasteiger partial charge in [0.25, 0.3) is 11.8 Å². The fourth-order valence-corrected chi connectivity index (χ4v) is 6.31. The number of aromatic nitrogens is 1. The summed E-state index contributed by atoms with van der Waals surface area (Å²) in [7, 11) is -2.24. The van der Waals surface area contributed by atoms with E-state index in [1.807, 2.05) is 0 Å². The monoisotopic (exact) mass is 648 g/mol. The number of oxazole rings is 1. The molecule has 2 N–H and O–H groups in total. The largest absolute Gasteiger partial charge is 0.455 e. The number of carbonyl (C=O) groups is 2. The summed E-state index contributed by atoms with van der Waals surface area (Å²) in [5.41, 5.74) is 2.41. The van der Waals surface area contributed by atoms with E-state index >= 15 is 0 Å². The number of amides is 2. The summed E-state index contributed by atoms with van der Waals surface area (Å²) in [6, 6.07) is 14.3. The van der Waals surface area contributed by atoms with Crippen LogP contribution in [0.25, 0.3) is 33.7 Å². The van der Waals surface area contributed by atoms with E-state index in [1.165, 1.54) is 68.8 Å². The number of likely N-dealkylation sites (tertiary alicyclic amines) is 1. The Morgan fingerprint density at radius 3 is 2.35 bits per heavy atom. The Labute approximate surface area is 263 Å². The van der Waals surface area contributed by atoms with E-state index in [0.717, 1.165) is 0 Å². The Morgan fingerprint density at radius 1 is 1.02 bits per heavy atom. The van der Waals surface area contributed by atoms with Crippen molar-refractivity contribution < 1.29 is 35.6 Å². The van der Waals surface area contributed by atoms with Gasteiger partial charge in [0.2, 0.25) is 15.9 Å². The van der Waals surface area contributed by atoms with Crippen LogP contribution in [-0.4, -0.2) is 56.0 Å². The van der Waals surface area contributed by atoms with Crippen LogP contribution in [0, 0.1) is 11.6 Å². The van der Waals surface area contributed by atoms with Gasteiger partial charge in [-0.25, -0.2) is 22.2 Å². The summed E-state index contributed by atoms with van der Waals surface area (Å²) < 4.78 is 66.9. The van der Waals surface area contributed by atoms with Crippen LogP contribution in [0.15, 0.2) is 75.8 Å². The molecular formula is C33H30F2N4O6S. The SMILES string of the molecule is CCS(=O)(=O)Nc1cc2oc(-c3ccc(F)cc3)c(C(=O)NC)c2cc1C1CCCN(C(=O)c2coc(-c3ccc(F)cc3)n2)C1. The van der Waals surface area contributed by atoms with E-state index in [1.54, 1.807) is 17.0 Å². The highest BCUT2D eigenvalue weighted by Gasteiger charge is 2.31. The van der Waals surface area contributed by atoms with Crippen LogP contribution in [0.3, 0.4) is 0 Å². The number of nitrogens with one attached hydrogen (secondary N) is 2. The van der Waals surface area contributed by atoms with Crippen LogP contribution < -0.4 is 10.0 Å². The standard InChI is InChI=1S/C33H30F2N4O6S/c1-3-46(42,43)38-26-16-28-25(29(31(40)36-2)30(45-28)19-6-10-22(34)11-7-19)15-24(26)21-5-4-14-39(17-21)33(41)27-18-44-32(37-27)20-8-12-23(35)13-9-20/h6-13,15-16,18,21,38H,3-5,14,17H2,1-2H3,(H,36,40). The lowest BCUT2D eigenvalue weighted by Crippen LogP contribution is -2.39. The number of fused-ring (bicyclic) bond motifs is 1. The summed E-state index contributed by atoms with van der Waals surface area (Å²) >= 11 is 0. The summed E-state index contributed by atoms with van der Waals surface area (Å²) in [6.45, 7) is 2.20. The molecule has 10 nitrogen and oxygen atoms in total. The van der Waals surface area contributed by atoms with Gasteiger partial charge in [-0.2, -0.15) is 0 Å². The molecule has 1 aliphatic heterocycles. The lowest BCUT2D eigenvalue weighted by molar-refractivity contribution is 0.0701. The van der Waals surface area contributed by atoms with E-state index in [4.69, 9.17) is 8.83 Å². The normalized spacial score (nSPS) is 15.2. The highest BCUT2D eigenvalue weighted by molar-refractivity contribution is 7.92. The topological polar surface area (TPSA) is 135 Å². The Bertz CT molecular complexity index is 2040. The number of hydrogen-bond donors (Lipinski definition) is 2. The van der Waals surface area contributed by atoms with Gasteiger partial charge in [-0.3, -0.25) is 14.3 Å². The van der Waals surface area contributed by atoms with Crippen molar-refractivity contribution >= 4 is 38.5 Å². The molecule has 2 aromatic heterocycles. The van der Waals surface area contributed by atoms with Gasteiger partial charge in [-0.1, -0.05) is 0 Å². The third kappa shape index (κ3) is 6.10. The lowest BCUT2D eigenvalue weighted by atomic mass is 9.88. The molecule has 2 amide bonds. The minimum absolute atomic E-state index is 0.0861. The van der Waals surface area contributed by atoms with Crippen LogP contribution in [0.2, 0.25) is 0 Å². The third-order valence-corrected chi connectivity index (χ3v) is 9.32. The quantitative estimate of drug-likeness (QED) is 0.205. The number of rotatable bonds is 8. The number of carbonyl (C=O) groups excluding carboxylic acids is 2. The van der Waals surface area contributed by atoms with Crippen molar-refractivity contribution in [3.05, 3.63) is 95.4 Å². The number of piperidine rings is 1. The van der Waals surface area contributed by atoms with Gasteiger partial charge in [0.1, 0.15) is 29.2 Å². The molecule has 0 bridgehead atoms. The molecule has 5 aromatic rings. The molecule has 3 aromatic carbocycles. The first-order valence-electron chi connectivity index (χ1n) is 14.7. The average molecular weight is 649 g/mol. The molecule has 0 spiro atoms. The van der Waals surface area contributed by atoms with Gasteiger partial charge in [0.15, 0.2) is 5.69 Å². The zero-order chi connectivity index (χ0) is 32.6. The maximum atomic E-state index is 13.7. The van der Waals surface area contributed by atoms with Crippen molar-refractivity contribution in [3.8, 4) is 22.8 Å². The van der Waals surface area contributed by atoms with Crippen molar-refractivity contribution in [1.29, 1.82) is 0 Å². The van der Waals surface area contributed by atoms with Crippen molar-refractivity contribution in [2.24, 2.45) is 0 Å². The molecule has 1 saturated heterocycles. The minimum Gasteiger partial charge on any atom is -0.455 e. The van der Waals surface area contributed by atoms with Crippen LogP contribution in [-0.2, 0) is 10.0 Å². The number of anilines is 1. The maximum Gasteiger partial charge on any atom is 0.275 e. The first-order valence-corrected chi connectivity index (χ1v) is 16.3. The number of hydrogen-bond acceptors (Lipinski definition) is 7. The highest BCUT2D eigenvalue weighted by atomic mass is 32.2. The molecule has 0 aliphatic carbocycles. The molecule has 1 atom stereocenters. The van der Waals surface area contributed by atoms with E-state index < -0.39 is 27.6 Å². The average Bonchev–Trinajstić information content (AvgIpc) is 3.70. The van der Waals surface area contributed by atoms with Gasteiger partial charge in [-0.05, 0) is 79.9 Å². The molecule has 1 aliphatic rings. The second kappa shape index (κ2) is 12.4. The zero-order valence-corrected chi connectivity index (χ0v) is 25.8. The highest BCUT2D eigenvalue weighted by Crippen LogP contribution is 2.41. The van der Waals surface area contributed by atoms with Gasteiger partial charge in [0, 0.05) is 48.6 Å². The summed E-state index contributed by atoms with van der Waals surface area (Å²) in [6.07, 6.45) is 2.51. The Hall–Kier alpha value is -5.04. The summed E-state index contributed by atoms with van der Waals surface area (Å²) in [5, 5.41) is 3.07. The van der Waals surface area contributed by atoms with Crippen LogP contribution in [0.1, 0.15) is 52.1 Å². The fourth-order valence-electron chi connectivity index (χ4n) is 5.65. The van der Waals surface area contributed by atoms with E-state index in [0.29, 0.717) is 41.5 Å². The predicted octanol–water partition coefficient (Wildman–Crippen LogP) is 6.17. The zero-order valence-electron chi connectivity index (χ0n) is 25.0. The second-order valence-corrected chi connectivity index (χ2v) is 13.0. The molecule has 1 fully saturated rings. The first-order chi connectivity index (χ1) is 22.1. The van der Waals surface area contributed by atoms with E-state index in [-0.39, 0.29) is 58.3 Å². The Kier molecular flexibility index (Phi) is 8.34. The van der Waals surface area contributed by atoms with Gasteiger partial charge >= 0.3 is 0 Å². The molecule has 0 saturated carbocycles. The Morgan fingerprint density at radius 2 is 1.70 bits per heavy atom. The maximum absolute atomic E-state index is 13.7. The third-order valence-electron chi connectivity index (χ3n) is 8.03. The van der Waals surface area contributed by atoms with Crippen molar-refractivity contribution in [2.45, 2.75) is 25.7 Å². The van der Waals surface area contributed by atoms with Crippen molar-refractivity contribution in [3.63, 3.8) is 0 Å². The second-order valence-electron chi connectivity index (χ2n) is 11.0. The number of furan rings is 1. The molecular weight excluding hydrogens is 618 g/mol. The van der Waals surface area contributed by atoms with Crippen molar-refractivity contribution in [1.82, 2.24) is 15.2 Å². The van der Waals surface area contributed by atoms with E-state index in [9.17, 15) is 26.8 Å². The number of nitrogens with zero attached hydrogens (tertiary/aromatic N) is 2. The van der Waals surface area contributed by atoms with Crippen molar-refractivity contribution in [2.75, 3.05) is 30.6 Å². The molecule has 3 heterocycles. The number of sulfonamides is 1. The minimum atomic E-state index is -3.72. The Balaban J connectivity index is 1.39. The van der Waals surface area contributed by atoms with E-state index in [2.05, 4.69) is 15.0 Å². The molecule has 13 heteroatoms. The first kappa shape index (κ1) is 31.0. The van der Waals surface area contributed by atoms with Gasteiger partial charge < -0.3 is 19.1 Å². The molecule has 0 radical (unpaired) electrons. The lowest BCUT2D eigenvalue weighted by Gasteiger charge is -2.33. The van der Waals surface area contributed by atoms with Crippen LogP contribution in [0.4, 0.5) is 14.5 Å². The molecule has 238 valence electrons. The number of halogens is 2. The van der Waals surface area contributed by atoms with Gasteiger partial charge in [-0.15, -0.1) is 0 Å². The molecule has 6 rings (SSSR count). The van der Waals surface area contributed by atoms with Crippen LogP contribution in [0.5, 0.6) is 0 Å². The smallest absolute Gasteiger partial charge is 0.275 e. The molecule has 1 unspecified atom stereocenters. The summed E-state index contributed by atoms with van der Waals surface area (Å²) in [4.78, 5) is 32.7. The molecule has 46 heavy (non-hydrogen) atoms. The van der Waals surface area contributed by atoms with Gasteiger partial charge in [0.05, 0.1) is 17.0 Å². The number of benzene rings is 3.